The molecule has 1 atom stereocenters. The molecule has 0 saturated heterocycles. The molecule has 0 aromatic heterocycles. The van der Waals surface area contributed by atoms with Crippen molar-refractivity contribution in [3.63, 3.8) is 0 Å². The second kappa shape index (κ2) is 4.86. The van der Waals surface area contributed by atoms with Crippen LogP contribution in [0.5, 0.6) is 0 Å². The summed E-state index contributed by atoms with van der Waals surface area (Å²) < 4.78 is 13.2. The molecule has 0 saturated carbocycles. The molecule has 0 aliphatic rings. The van der Waals surface area contributed by atoms with E-state index in [1.165, 1.54) is 6.07 Å². The predicted molar refractivity (Wildman–Crippen MR) is 54.0 cm³/mol. The summed E-state index contributed by atoms with van der Waals surface area (Å²) in [6.45, 7) is 1.67. The summed E-state index contributed by atoms with van der Waals surface area (Å²) in [4.78, 5) is 0. The normalized spacial score (nSPS) is 12.5. The van der Waals surface area contributed by atoms with Crippen LogP contribution < -0.4 is 0 Å². The van der Waals surface area contributed by atoms with Gasteiger partial charge in [0.1, 0.15) is 5.82 Å². The molecule has 0 radical (unpaired) electrons. The van der Waals surface area contributed by atoms with E-state index < -0.39 is 6.10 Å². The molecular weight excluding hydrogens is 180 g/mol. The van der Waals surface area contributed by atoms with Crippen molar-refractivity contribution in [2.75, 3.05) is 0 Å². The Balaban J connectivity index is 2.65. The minimum absolute atomic E-state index is 0.314. The summed E-state index contributed by atoms with van der Waals surface area (Å²) in [7, 11) is 0. The van der Waals surface area contributed by atoms with Gasteiger partial charge in [-0.15, -0.1) is 0 Å². The highest BCUT2D eigenvalue weighted by Crippen LogP contribution is 2.20. The standard InChI is InChI=1S/C11H14FNO/c1-8(13)6-7-11(14)9-4-2-3-5-10(9)12/h2-5,11,13-14H,6-7H2,1H3/t11-/m0/s1/i12-1. The van der Waals surface area contributed by atoms with Gasteiger partial charge < -0.3 is 10.5 Å². The van der Waals surface area contributed by atoms with Crippen LogP contribution >= 0.6 is 0 Å². The van der Waals surface area contributed by atoms with Crippen molar-refractivity contribution >= 4 is 5.71 Å². The van der Waals surface area contributed by atoms with Crippen LogP contribution in [0.3, 0.4) is 0 Å². The third-order valence-corrected chi connectivity index (χ3v) is 2.06. The van der Waals surface area contributed by atoms with Gasteiger partial charge in [0, 0.05) is 11.3 Å². The fraction of sp³-hybridized carbons (Fsp3) is 0.364. The maximum atomic E-state index is 13.2. The van der Waals surface area contributed by atoms with Crippen molar-refractivity contribution in [3.05, 3.63) is 35.6 Å². The first-order chi connectivity index (χ1) is 6.61. The minimum Gasteiger partial charge on any atom is -0.388 e. The van der Waals surface area contributed by atoms with Crippen molar-refractivity contribution in [3.8, 4) is 0 Å². The van der Waals surface area contributed by atoms with E-state index in [1.54, 1.807) is 25.1 Å². The van der Waals surface area contributed by atoms with E-state index in [0.717, 1.165) is 0 Å². The summed E-state index contributed by atoms with van der Waals surface area (Å²) in [5.74, 6) is -0.386. The molecule has 2 nitrogen and oxygen atoms in total. The highest BCUT2D eigenvalue weighted by Gasteiger charge is 2.11. The zero-order valence-electron chi connectivity index (χ0n) is 8.13. The van der Waals surface area contributed by atoms with Gasteiger partial charge in [-0.05, 0) is 25.8 Å². The summed E-state index contributed by atoms with van der Waals surface area (Å²) in [6, 6.07) is 6.18. The third kappa shape index (κ3) is 2.92. The molecule has 76 valence electrons. The van der Waals surface area contributed by atoms with Gasteiger partial charge in [0.15, 0.2) is 0 Å². The lowest BCUT2D eigenvalue weighted by Gasteiger charge is -2.10. The van der Waals surface area contributed by atoms with E-state index in [9.17, 15) is 9.50 Å². The Bertz CT molecular complexity index is 325. The lowest BCUT2D eigenvalue weighted by Crippen LogP contribution is -2.02. The molecule has 0 aliphatic carbocycles. The van der Waals surface area contributed by atoms with Gasteiger partial charge >= 0.3 is 0 Å². The summed E-state index contributed by atoms with van der Waals surface area (Å²) in [6.07, 6.45) is 0.0858. The SMILES string of the molecule is CC(=N)CC[C@H](O)c1ccccc1[18F]. The van der Waals surface area contributed by atoms with E-state index in [0.29, 0.717) is 24.1 Å². The Morgan fingerprint density at radius 2 is 2.14 bits per heavy atom. The largest absolute Gasteiger partial charge is 0.388 e. The second-order valence-corrected chi connectivity index (χ2v) is 3.36. The zero-order valence-corrected chi connectivity index (χ0v) is 8.13. The first-order valence-electron chi connectivity index (χ1n) is 4.58. The van der Waals surface area contributed by atoms with Gasteiger partial charge in [-0.3, -0.25) is 0 Å². The molecule has 3 heteroatoms. The van der Waals surface area contributed by atoms with Crippen LogP contribution in [-0.2, 0) is 0 Å². The van der Waals surface area contributed by atoms with Crippen molar-refractivity contribution in [2.24, 2.45) is 0 Å². The minimum atomic E-state index is -0.809. The van der Waals surface area contributed by atoms with Crippen LogP contribution in [0.2, 0.25) is 0 Å². The van der Waals surface area contributed by atoms with Crippen molar-refractivity contribution < 1.29 is 9.50 Å². The van der Waals surface area contributed by atoms with Gasteiger partial charge in [0.2, 0.25) is 0 Å². The third-order valence-electron chi connectivity index (χ3n) is 2.06. The average molecular weight is 194 g/mol. The molecule has 0 amide bonds. The Hall–Kier alpha value is -1.22. The van der Waals surface area contributed by atoms with Gasteiger partial charge in [0.05, 0.1) is 6.10 Å². The van der Waals surface area contributed by atoms with Gasteiger partial charge in [-0.2, -0.15) is 0 Å². The van der Waals surface area contributed by atoms with Crippen LogP contribution in [0.15, 0.2) is 24.3 Å². The molecule has 0 fully saturated rings. The first-order valence-corrected chi connectivity index (χ1v) is 4.58. The second-order valence-electron chi connectivity index (χ2n) is 3.36. The van der Waals surface area contributed by atoms with Gasteiger partial charge in [0.25, 0.3) is 0 Å². The number of rotatable bonds is 4. The van der Waals surface area contributed by atoms with Crippen molar-refractivity contribution in [2.45, 2.75) is 25.9 Å². The van der Waals surface area contributed by atoms with E-state index in [-0.39, 0.29) is 5.82 Å². The number of hydrogen-bond donors (Lipinski definition) is 2. The van der Waals surface area contributed by atoms with Crippen LogP contribution in [0.25, 0.3) is 0 Å². The summed E-state index contributed by atoms with van der Waals surface area (Å²) >= 11 is 0. The molecule has 1 aromatic rings. The number of aliphatic hydroxyl groups is 1. The Kier molecular flexibility index (Phi) is 3.77. The van der Waals surface area contributed by atoms with Crippen LogP contribution in [0, 0.1) is 11.2 Å². The molecule has 0 bridgehead atoms. The highest BCUT2D eigenvalue weighted by molar-refractivity contribution is 5.78. The molecule has 0 heterocycles. The van der Waals surface area contributed by atoms with Gasteiger partial charge in [-0.1, -0.05) is 18.2 Å². The van der Waals surface area contributed by atoms with E-state index in [1.807, 2.05) is 0 Å². The maximum Gasteiger partial charge on any atom is 0.128 e. The van der Waals surface area contributed by atoms with E-state index >= 15 is 0 Å². The average Bonchev–Trinajstić information content (AvgIpc) is 2.15. The fourth-order valence-electron chi connectivity index (χ4n) is 1.25. The number of nitrogens with one attached hydrogen (secondary N) is 1. The number of benzene rings is 1. The Morgan fingerprint density at radius 1 is 1.50 bits per heavy atom. The Labute approximate surface area is 82.9 Å². The summed E-state index contributed by atoms with van der Waals surface area (Å²) in [5, 5.41) is 16.8. The summed E-state index contributed by atoms with van der Waals surface area (Å²) in [5.41, 5.74) is 0.814. The van der Waals surface area contributed by atoms with Crippen molar-refractivity contribution in [1.29, 1.82) is 5.41 Å². The molecule has 1 aromatic carbocycles. The number of halogens is 1. The molecular formula is C11H14FNO. The monoisotopic (exact) mass is 194 g/mol. The van der Waals surface area contributed by atoms with E-state index in [4.69, 9.17) is 5.41 Å². The molecule has 1 rings (SSSR count). The highest BCUT2D eigenvalue weighted by atomic mass is 18.2. The van der Waals surface area contributed by atoms with Crippen LogP contribution in [0.4, 0.5) is 4.39 Å². The van der Waals surface area contributed by atoms with Crippen LogP contribution in [0.1, 0.15) is 31.4 Å². The first kappa shape index (κ1) is 10.9. The quantitative estimate of drug-likeness (QED) is 0.711. The van der Waals surface area contributed by atoms with E-state index in [2.05, 4.69) is 0 Å². The lowest BCUT2D eigenvalue weighted by atomic mass is 10.0. The zero-order chi connectivity index (χ0) is 10.6. The lowest BCUT2D eigenvalue weighted by molar-refractivity contribution is 0.165. The fourth-order valence-corrected chi connectivity index (χ4v) is 1.25. The molecule has 0 aliphatic heterocycles. The number of hydrogen-bond acceptors (Lipinski definition) is 2. The number of aliphatic hydroxyl groups excluding tert-OH is 1. The molecule has 0 spiro atoms. The Morgan fingerprint density at radius 3 is 2.71 bits per heavy atom. The maximum absolute atomic E-state index is 13.2. The molecule has 2 N–H and O–H groups in total. The van der Waals surface area contributed by atoms with Gasteiger partial charge in [-0.25, -0.2) is 4.39 Å². The molecule has 14 heavy (non-hydrogen) atoms. The predicted octanol–water partition coefficient (Wildman–Crippen LogP) is 2.68. The topological polar surface area (TPSA) is 44.1 Å². The molecule has 0 unspecified atom stereocenters. The van der Waals surface area contributed by atoms with Crippen molar-refractivity contribution in [1.82, 2.24) is 0 Å². The van der Waals surface area contributed by atoms with Crippen LogP contribution in [-0.4, -0.2) is 10.8 Å². The smallest absolute Gasteiger partial charge is 0.128 e.